The predicted molar refractivity (Wildman–Crippen MR) is 104 cm³/mol. The molecule has 0 unspecified atom stereocenters. The maximum absolute atomic E-state index is 6.16. The molecular weight excluding hydrogens is 330 g/mol. The first-order chi connectivity index (χ1) is 12.3. The molecule has 0 atom stereocenters. The van der Waals surface area contributed by atoms with Crippen LogP contribution in [0.25, 0.3) is 33.3 Å². The van der Waals surface area contributed by atoms with Gasteiger partial charge < -0.3 is 4.74 Å². The molecule has 0 radical (unpaired) electrons. The Morgan fingerprint density at radius 2 is 1.56 bits per heavy atom. The highest BCUT2D eigenvalue weighted by atomic mass is 35.5. The Labute approximate surface area is 151 Å². The van der Waals surface area contributed by atoms with Crippen LogP contribution < -0.4 is 4.74 Å². The van der Waals surface area contributed by atoms with Crippen LogP contribution in [0.15, 0.2) is 78.9 Å². The number of hydrogen-bond donors (Lipinski definition) is 0. The van der Waals surface area contributed by atoms with E-state index in [4.69, 9.17) is 21.3 Å². The first-order valence-corrected chi connectivity index (χ1v) is 8.43. The van der Waals surface area contributed by atoms with Gasteiger partial charge in [-0.2, -0.15) is 0 Å². The van der Waals surface area contributed by atoms with Crippen molar-refractivity contribution >= 4 is 22.4 Å². The lowest BCUT2D eigenvalue weighted by Crippen LogP contribution is -1.92. The van der Waals surface area contributed by atoms with Crippen LogP contribution in [0.3, 0.4) is 0 Å². The molecule has 4 rings (SSSR count). The van der Waals surface area contributed by atoms with Crippen molar-refractivity contribution in [3.63, 3.8) is 0 Å². The lowest BCUT2D eigenvalue weighted by Gasteiger charge is -2.11. The zero-order chi connectivity index (χ0) is 17.2. The van der Waals surface area contributed by atoms with Crippen molar-refractivity contribution in [2.75, 3.05) is 7.11 Å². The van der Waals surface area contributed by atoms with Crippen molar-refractivity contribution in [2.24, 2.45) is 0 Å². The Morgan fingerprint density at radius 3 is 2.36 bits per heavy atom. The van der Waals surface area contributed by atoms with Gasteiger partial charge >= 0.3 is 0 Å². The minimum absolute atomic E-state index is 0.593. The molecule has 0 aliphatic carbocycles. The summed E-state index contributed by atoms with van der Waals surface area (Å²) in [6.07, 6.45) is 0. The zero-order valence-corrected chi connectivity index (χ0v) is 14.5. The van der Waals surface area contributed by atoms with E-state index in [1.807, 2.05) is 48.5 Å². The Morgan fingerprint density at radius 1 is 0.800 bits per heavy atom. The standard InChI is InChI=1S/C22H16ClNO/c1-25-21-14-17(11-12-19(21)23)20-13-16-9-5-6-10-18(16)22(24-20)15-7-3-2-4-8-15/h2-14H,1H3. The molecule has 0 spiro atoms. The van der Waals surface area contributed by atoms with Gasteiger partial charge in [-0.3, -0.25) is 0 Å². The highest BCUT2D eigenvalue weighted by Crippen LogP contribution is 2.34. The number of benzene rings is 3. The first-order valence-electron chi connectivity index (χ1n) is 8.05. The van der Waals surface area contributed by atoms with E-state index in [1.54, 1.807) is 7.11 Å². The van der Waals surface area contributed by atoms with Crippen molar-refractivity contribution in [2.45, 2.75) is 0 Å². The lowest BCUT2D eigenvalue weighted by atomic mass is 10.0. The van der Waals surface area contributed by atoms with Crippen molar-refractivity contribution in [3.05, 3.63) is 83.9 Å². The second-order valence-corrected chi connectivity index (χ2v) is 6.20. The van der Waals surface area contributed by atoms with E-state index in [2.05, 4.69) is 30.3 Å². The largest absolute Gasteiger partial charge is 0.495 e. The third-order valence-electron chi connectivity index (χ3n) is 4.23. The third-order valence-corrected chi connectivity index (χ3v) is 4.55. The normalized spacial score (nSPS) is 10.8. The number of fused-ring (bicyclic) bond motifs is 1. The second-order valence-electron chi connectivity index (χ2n) is 5.79. The third kappa shape index (κ3) is 2.97. The van der Waals surface area contributed by atoms with Gasteiger partial charge in [0.2, 0.25) is 0 Å². The number of hydrogen-bond acceptors (Lipinski definition) is 2. The zero-order valence-electron chi connectivity index (χ0n) is 13.7. The Bertz CT molecular complexity index is 1040. The van der Waals surface area contributed by atoms with Crippen LogP contribution in [0.4, 0.5) is 0 Å². The summed E-state index contributed by atoms with van der Waals surface area (Å²) in [7, 11) is 1.62. The van der Waals surface area contributed by atoms with Gasteiger partial charge in [-0.1, -0.05) is 72.3 Å². The fourth-order valence-corrected chi connectivity index (χ4v) is 3.18. The molecule has 0 aliphatic rings. The highest BCUT2D eigenvalue weighted by Gasteiger charge is 2.11. The molecule has 4 aromatic rings. The molecule has 3 aromatic carbocycles. The molecule has 122 valence electrons. The molecule has 0 aliphatic heterocycles. The van der Waals surface area contributed by atoms with E-state index in [0.29, 0.717) is 10.8 Å². The molecule has 0 amide bonds. The molecule has 3 heteroatoms. The van der Waals surface area contributed by atoms with Crippen molar-refractivity contribution in [1.82, 2.24) is 4.98 Å². The number of pyridine rings is 1. The monoisotopic (exact) mass is 345 g/mol. The molecule has 2 nitrogen and oxygen atoms in total. The second kappa shape index (κ2) is 6.58. The van der Waals surface area contributed by atoms with E-state index in [9.17, 15) is 0 Å². The summed E-state index contributed by atoms with van der Waals surface area (Å²) in [5, 5.41) is 2.88. The topological polar surface area (TPSA) is 22.1 Å². The maximum Gasteiger partial charge on any atom is 0.138 e. The molecule has 1 heterocycles. The van der Waals surface area contributed by atoms with E-state index < -0.39 is 0 Å². The Hall–Kier alpha value is -2.84. The SMILES string of the molecule is COc1cc(-c2cc3ccccc3c(-c3ccccc3)n2)ccc1Cl. The number of rotatable bonds is 3. The average Bonchev–Trinajstić information content (AvgIpc) is 2.68. The summed E-state index contributed by atoms with van der Waals surface area (Å²) < 4.78 is 5.35. The number of aromatic nitrogens is 1. The van der Waals surface area contributed by atoms with Crippen molar-refractivity contribution in [1.29, 1.82) is 0 Å². The van der Waals surface area contributed by atoms with Crippen LogP contribution >= 0.6 is 11.6 Å². The molecule has 0 saturated heterocycles. The Balaban J connectivity index is 1.97. The fraction of sp³-hybridized carbons (Fsp3) is 0.0455. The minimum Gasteiger partial charge on any atom is -0.495 e. The highest BCUT2D eigenvalue weighted by molar-refractivity contribution is 6.32. The quantitative estimate of drug-likeness (QED) is 0.439. The molecule has 0 bridgehead atoms. The minimum atomic E-state index is 0.593. The van der Waals surface area contributed by atoms with Gasteiger partial charge in [-0.15, -0.1) is 0 Å². The van der Waals surface area contributed by atoms with Gasteiger partial charge in [0.15, 0.2) is 0 Å². The summed E-state index contributed by atoms with van der Waals surface area (Å²) >= 11 is 6.16. The van der Waals surface area contributed by atoms with Gasteiger partial charge in [0.1, 0.15) is 5.75 Å². The average molecular weight is 346 g/mol. The van der Waals surface area contributed by atoms with Gasteiger partial charge in [0.25, 0.3) is 0 Å². The maximum atomic E-state index is 6.16. The smallest absolute Gasteiger partial charge is 0.138 e. The molecule has 0 fully saturated rings. The van der Waals surface area contributed by atoms with Crippen LogP contribution in [0.2, 0.25) is 5.02 Å². The van der Waals surface area contributed by atoms with Gasteiger partial charge in [-0.05, 0) is 23.6 Å². The number of ether oxygens (including phenoxy) is 1. The van der Waals surface area contributed by atoms with E-state index >= 15 is 0 Å². The lowest BCUT2D eigenvalue weighted by molar-refractivity contribution is 0.415. The fourth-order valence-electron chi connectivity index (χ4n) is 2.98. The molecule has 0 saturated carbocycles. The summed E-state index contributed by atoms with van der Waals surface area (Å²) in [6.45, 7) is 0. The van der Waals surface area contributed by atoms with E-state index in [-0.39, 0.29) is 0 Å². The van der Waals surface area contributed by atoms with Crippen LogP contribution in [0.5, 0.6) is 5.75 Å². The van der Waals surface area contributed by atoms with Crippen LogP contribution in [0, 0.1) is 0 Å². The Kier molecular flexibility index (Phi) is 4.12. The van der Waals surface area contributed by atoms with E-state index in [0.717, 1.165) is 33.3 Å². The molecule has 25 heavy (non-hydrogen) atoms. The molecular formula is C22H16ClNO. The van der Waals surface area contributed by atoms with E-state index in [1.165, 1.54) is 0 Å². The van der Waals surface area contributed by atoms with Crippen molar-refractivity contribution in [3.8, 4) is 28.3 Å². The van der Waals surface area contributed by atoms with Crippen LogP contribution in [-0.4, -0.2) is 12.1 Å². The van der Waals surface area contributed by atoms with Crippen molar-refractivity contribution < 1.29 is 4.74 Å². The van der Waals surface area contributed by atoms with Gasteiger partial charge in [-0.25, -0.2) is 4.98 Å². The summed E-state index contributed by atoms with van der Waals surface area (Å²) in [4.78, 5) is 4.95. The summed E-state index contributed by atoms with van der Waals surface area (Å²) in [6, 6.07) is 26.4. The van der Waals surface area contributed by atoms with Gasteiger partial charge in [0, 0.05) is 16.5 Å². The summed E-state index contributed by atoms with van der Waals surface area (Å²) in [5.41, 5.74) is 3.95. The number of halogens is 1. The summed E-state index contributed by atoms with van der Waals surface area (Å²) in [5.74, 6) is 0.649. The van der Waals surface area contributed by atoms with Crippen LogP contribution in [0.1, 0.15) is 0 Å². The first kappa shape index (κ1) is 15.7. The molecule has 1 aromatic heterocycles. The number of methoxy groups -OCH3 is 1. The molecule has 0 N–H and O–H groups in total. The van der Waals surface area contributed by atoms with Crippen LogP contribution in [-0.2, 0) is 0 Å². The van der Waals surface area contributed by atoms with Gasteiger partial charge in [0.05, 0.1) is 23.5 Å². The predicted octanol–water partition coefficient (Wildman–Crippen LogP) is 6.23. The number of nitrogens with zero attached hydrogens (tertiary/aromatic N) is 1.